The second kappa shape index (κ2) is 6.67. The molecule has 1 unspecified atom stereocenters. The normalized spacial score (nSPS) is 16.9. The zero-order valence-corrected chi connectivity index (χ0v) is 14.7. The molecule has 0 N–H and O–H groups in total. The molecule has 4 rings (SSSR count). The van der Waals surface area contributed by atoms with Crippen molar-refractivity contribution < 1.29 is 9.59 Å². The van der Waals surface area contributed by atoms with Gasteiger partial charge in [-0.1, -0.05) is 18.2 Å². The van der Waals surface area contributed by atoms with Gasteiger partial charge in [0.25, 0.3) is 5.56 Å². The van der Waals surface area contributed by atoms with Gasteiger partial charge in [0.2, 0.25) is 11.8 Å². The molecule has 1 atom stereocenters. The second-order valence-electron chi connectivity index (χ2n) is 6.39. The number of carbonyl (C=O) groups is 2. The lowest BCUT2D eigenvalue weighted by atomic mass is 10.2. The molecular formula is C18H18N6O3. The van der Waals surface area contributed by atoms with Crippen LogP contribution in [0.2, 0.25) is 0 Å². The van der Waals surface area contributed by atoms with Crippen LogP contribution in [0.5, 0.6) is 0 Å². The van der Waals surface area contributed by atoms with Gasteiger partial charge in [0.15, 0.2) is 0 Å². The smallest absolute Gasteiger partial charge is 0.293 e. The third-order valence-electron chi connectivity index (χ3n) is 4.82. The number of anilines is 1. The quantitative estimate of drug-likeness (QED) is 0.656. The van der Waals surface area contributed by atoms with Crippen LogP contribution in [0.4, 0.5) is 5.69 Å². The molecule has 1 saturated heterocycles. The van der Waals surface area contributed by atoms with E-state index < -0.39 is 11.6 Å². The van der Waals surface area contributed by atoms with Gasteiger partial charge < -0.3 is 9.80 Å². The van der Waals surface area contributed by atoms with Gasteiger partial charge in [0.05, 0.1) is 6.20 Å². The lowest BCUT2D eigenvalue weighted by Crippen LogP contribution is -2.45. The van der Waals surface area contributed by atoms with E-state index in [1.54, 1.807) is 18.0 Å². The monoisotopic (exact) mass is 366 g/mol. The van der Waals surface area contributed by atoms with E-state index in [1.807, 2.05) is 30.3 Å². The number of fused-ring (bicyclic) bond motifs is 1. The van der Waals surface area contributed by atoms with Gasteiger partial charge in [-0.25, -0.2) is 9.20 Å². The Hall–Kier alpha value is -3.49. The molecule has 1 aliphatic heterocycles. The summed E-state index contributed by atoms with van der Waals surface area (Å²) in [5, 5.41) is 7.91. The minimum atomic E-state index is -0.549. The maximum atomic E-state index is 12.7. The maximum absolute atomic E-state index is 12.7. The Morgan fingerprint density at radius 2 is 1.96 bits per heavy atom. The summed E-state index contributed by atoms with van der Waals surface area (Å²) in [5.41, 5.74) is 0.753. The van der Waals surface area contributed by atoms with Crippen LogP contribution in [0.25, 0.3) is 5.52 Å². The Kier molecular flexibility index (Phi) is 4.19. The minimum Gasteiger partial charge on any atom is -0.332 e. The summed E-state index contributed by atoms with van der Waals surface area (Å²) < 4.78 is 2.44. The standard InChI is InChI=1S/C18H18N6O3/c1-21(14-8-10-22(17(14)26)13-5-3-2-4-6-13)16(25)11-23-18(27)15-7-9-19-24(15)12-20-23/h2-7,9,12,14H,8,10-11H2,1H3. The molecule has 0 aliphatic carbocycles. The van der Waals surface area contributed by atoms with Crippen molar-refractivity contribution >= 4 is 23.0 Å². The summed E-state index contributed by atoms with van der Waals surface area (Å²) >= 11 is 0. The SMILES string of the molecule is CN(C(=O)Cn1ncn2nccc2c1=O)C1CCN(c2ccccc2)C1=O. The molecule has 0 spiro atoms. The second-order valence-corrected chi connectivity index (χ2v) is 6.39. The van der Waals surface area contributed by atoms with Crippen LogP contribution >= 0.6 is 0 Å². The number of benzene rings is 1. The molecule has 138 valence electrons. The molecule has 1 aliphatic rings. The molecule has 9 nitrogen and oxygen atoms in total. The van der Waals surface area contributed by atoms with E-state index in [2.05, 4.69) is 10.2 Å². The third-order valence-corrected chi connectivity index (χ3v) is 4.82. The number of amides is 2. The van der Waals surface area contributed by atoms with Crippen LogP contribution in [0.3, 0.4) is 0 Å². The number of likely N-dealkylation sites (N-methyl/N-ethyl adjacent to an activating group) is 1. The molecular weight excluding hydrogens is 348 g/mol. The average molecular weight is 366 g/mol. The van der Waals surface area contributed by atoms with Gasteiger partial charge in [-0.15, -0.1) is 0 Å². The largest absolute Gasteiger partial charge is 0.332 e. The van der Waals surface area contributed by atoms with E-state index in [1.165, 1.54) is 21.9 Å². The highest BCUT2D eigenvalue weighted by molar-refractivity contribution is 6.01. The molecule has 0 saturated carbocycles. The van der Waals surface area contributed by atoms with E-state index in [9.17, 15) is 14.4 Å². The van der Waals surface area contributed by atoms with E-state index in [0.29, 0.717) is 18.5 Å². The highest BCUT2D eigenvalue weighted by Crippen LogP contribution is 2.23. The van der Waals surface area contributed by atoms with Crippen LogP contribution in [-0.2, 0) is 16.1 Å². The van der Waals surface area contributed by atoms with Gasteiger partial charge >= 0.3 is 0 Å². The van der Waals surface area contributed by atoms with Crippen LogP contribution in [0.15, 0.2) is 53.7 Å². The first-order chi connectivity index (χ1) is 13.1. The van der Waals surface area contributed by atoms with Gasteiger partial charge in [-0.05, 0) is 24.6 Å². The fourth-order valence-corrected chi connectivity index (χ4v) is 3.29. The molecule has 1 fully saturated rings. The van der Waals surface area contributed by atoms with Crippen molar-refractivity contribution in [3.05, 3.63) is 59.3 Å². The number of hydrogen-bond donors (Lipinski definition) is 0. The van der Waals surface area contributed by atoms with Crippen molar-refractivity contribution in [2.75, 3.05) is 18.5 Å². The number of nitrogens with zero attached hydrogens (tertiary/aromatic N) is 6. The molecule has 2 amide bonds. The fraction of sp³-hybridized carbons (Fsp3) is 0.278. The lowest BCUT2D eigenvalue weighted by Gasteiger charge is -2.24. The maximum Gasteiger partial charge on any atom is 0.293 e. The van der Waals surface area contributed by atoms with Crippen LogP contribution < -0.4 is 10.5 Å². The van der Waals surface area contributed by atoms with E-state index in [4.69, 9.17) is 0 Å². The van der Waals surface area contributed by atoms with Gasteiger partial charge in [-0.3, -0.25) is 14.4 Å². The predicted molar refractivity (Wildman–Crippen MR) is 97.2 cm³/mol. The summed E-state index contributed by atoms with van der Waals surface area (Å²) in [6, 6.07) is 10.4. The summed E-state index contributed by atoms with van der Waals surface area (Å²) in [5.74, 6) is -0.467. The van der Waals surface area contributed by atoms with Crippen LogP contribution in [-0.4, -0.2) is 55.7 Å². The van der Waals surface area contributed by atoms with Gasteiger partial charge in [0.1, 0.15) is 24.4 Å². The first-order valence-electron chi connectivity index (χ1n) is 8.58. The number of aromatic nitrogens is 4. The van der Waals surface area contributed by atoms with Crippen LogP contribution in [0.1, 0.15) is 6.42 Å². The summed E-state index contributed by atoms with van der Waals surface area (Å²) in [6.07, 6.45) is 3.41. The Bertz CT molecular complexity index is 1060. The molecule has 0 radical (unpaired) electrons. The number of carbonyl (C=O) groups excluding carboxylic acids is 2. The molecule has 3 aromatic rings. The molecule has 2 aromatic heterocycles. The van der Waals surface area contributed by atoms with Crippen molar-refractivity contribution in [2.45, 2.75) is 19.0 Å². The molecule has 27 heavy (non-hydrogen) atoms. The van der Waals surface area contributed by atoms with Gasteiger partial charge in [-0.2, -0.15) is 10.2 Å². The molecule has 0 bridgehead atoms. The summed E-state index contributed by atoms with van der Waals surface area (Å²) in [6.45, 7) is 0.317. The van der Waals surface area contributed by atoms with Crippen molar-refractivity contribution in [2.24, 2.45) is 0 Å². The average Bonchev–Trinajstić information content (AvgIpc) is 3.31. The Morgan fingerprint density at radius 1 is 1.19 bits per heavy atom. The molecule has 1 aromatic carbocycles. The lowest BCUT2D eigenvalue weighted by molar-refractivity contribution is -0.137. The Morgan fingerprint density at radius 3 is 2.74 bits per heavy atom. The van der Waals surface area contributed by atoms with Gasteiger partial charge in [0, 0.05) is 19.3 Å². The zero-order valence-electron chi connectivity index (χ0n) is 14.7. The topological polar surface area (TPSA) is 92.8 Å². The van der Waals surface area contributed by atoms with Crippen LogP contribution in [0, 0.1) is 0 Å². The highest BCUT2D eigenvalue weighted by Gasteiger charge is 2.37. The third kappa shape index (κ3) is 2.97. The number of hydrogen-bond acceptors (Lipinski definition) is 5. The minimum absolute atomic E-state index is 0.122. The predicted octanol–water partition coefficient (Wildman–Crippen LogP) is 0.155. The number of para-hydroxylation sites is 1. The van der Waals surface area contributed by atoms with Crippen molar-refractivity contribution in [1.29, 1.82) is 0 Å². The number of rotatable bonds is 4. The molecule has 3 heterocycles. The van der Waals surface area contributed by atoms with Crippen molar-refractivity contribution in [1.82, 2.24) is 24.3 Å². The summed E-state index contributed by atoms with van der Waals surface area (Å²) in [4.78, 5) is 40.8. The first-order valence-corrected chi connectivity index (χ1v) is 8.58. The van der Waals surface area contributed by atoms with E-state index in [0.717, 1.165) is 10.4 Å². The van der Waals surface area contributed by atoms with E-state index in [-0.39, 0.29) is 18.4 Å². The Labute approximate surface area is 154 Å². The van der Waals surface area contributed by atoms with Crippen molar-refractivity contribution in [3.8, 4) is 0 Å². The van der Waals surface area contributed by atoms with Crippen molar-refractivity contribution in [3.63, 3.8) is 0 Å². The zero-order chi connectivity index (χ0) is 19.0. The van der Waals surface area contributed by atoms with E-state index >= 15 is 0 Å². The highest BCUT2D eigenvalue weighted by atomic mass is 16.2. The molecule has 9 heteroatoms. The fourth-order valence-electron chi connectivity index (χ4n) is 3.29. The summed E-state index contributed by atoms with van der Waals surface area (Å²) in [7, 11) is 1.59. The first kappa shape index (κ1) is 17.0. The Balaban J connectivity index is 1.50.